The van der Waals surface area contributed by atoms with Crippen molar-refractivity contribution in [1.29, 1.82) is 0 Å². The van der Waals surface area contributed by atoms with Gasteiger partial charge >= 0.3 is 0 Å². The van der Waals surface area contributed by atoms with E-state index in [1.54, 1.807) is 16.9 Å². The Balaban J connectivity index is 2.32. The highest BCUT2D eigenvalue weighted by atomic mass is 15.3. The third-order valence-corrected chi connectivity index (χ3v) is 3.44. The minimum atomic E-state index is 0.304. The lowest BCUT2D eigenvalue weighted by Gasteiger charge is -2.09. The summed E-state index contributed by atoms with van der Waals surface area (Å²) < 4.78 is 3.69. The highest BCUT2D eigenvalue weighted by Crippen LogP contribution is 2.30. The maximum absolute atomic E-state index is 5.83. The summed E-state index contributed by atoms with van der Waals surface area (Å²) in [5.41, 5.74) is 10.5. The van der Waals surface area contributed by atoms with Crippen LogP contribution in [-0.2, 0) is 0 Å². The van der Waals surface area contributed by atoms with Crippen molar-refractivity contribution in [2.75, 3.05) is 5.73 Å². The lowest BCUT2D eigenvalue weighted by atomic mass is 10.1. The van der Waals surface area contributed by atoms with Crippen LogP contribution in [0.5, 0.6) is 0 Å². The molecule has 104 valence electrons. The summed E-state index contributed by atoms with van der Waals surface area (Å²) >= 11 is 0. The van der Waals surface area contributed by atoms with Crippen molar-refractivity contribution in [2.24, 2.45) is 0 Å². The Morgan fingerprint density at radius 1 is 1.25 bits per heavy atom. The van der Waals surface area contributed by atoms with Gasteiger partial charge in [0.1, 0.15) is 6.33 Å². The number of anilines is 1. The number of hydrogen-bond acceptors (Lipinski definition) is 5. The van der Waals surface area contributed by atoms with Crippen molar-refractivity contribution in [1.82, 2.24) is 29.4 Å². The zero-order valence-corrected chi connectivity index (χ0v) is 12.0. The van der Waals surface area contributed by atoms with Crippen molar-refractivity contribution in [2.45, 2.75) is 33.7 Å². The second-order valence-corrected chi connectivity index (χ2v) is 5.14. The molecule has 0 aliphatic carbocycles. The second kappa shape index (κ2) is 4.29. The molecule has 2 N–H and O–H groups in total. The van der Waals surface area contributed by atoms with E-state index in [2.05, 4.69) is 41.1 Å². The third kappa shape index (κ3) is 1.66. The molecule has 3 rings (SSSR count). The topological polar surface area (TPSA) is 86.9 Å². The number of aryl methyl sites for hydroxylation is 1. The molecule has 0 saturated carbocycles. The molecule has 0 radical (unpaired) electrons. The third-order valence-electron chi connectivity index (χ3n) is 3.44. The van der Waals surface area contributed by atoms with Crippen molar-refractivity contribution in [3.05, 3.63) is 23.9 Å². The quantitative estimate of drug-likeness (QED) is 0.767. The fourth-order valence-corrected chi connectivity index (χ4v) is 2.57. The lowest BCUT2D eigenvalue weighted by molar-refractivity contribution is 0.516. The van der Waals surface area contributed by atoms with E-state index < -0.39 is 0 Å². The first-order chi connectivity index (χ1) is 9.50. The van der Waals surface area contributed by atoms with E-state index in [4.69, 9.17) is 5.73 Å². The van der Waals surface area contributed by atoms with Gasteiger partial charge in [-0.25, -0.2) is 4.98 Å². The lowest BCUT2D eigenvalue weighted by Crippen LogP contribution is -2.05. The van der Waals surface area contributed by atoms with E-state index in [1.807, 2.05) is 11.6 Å². The summed E-state index contributed by atoms with van der Waals surface area (Å²) in [6.07, 6.45) is 3.31. The number of fused-ring (bicyclic) bond motifs is 1. The molecular weight excluding hydrogens is 254 g/mol. The summed E-state index contributed by atoms with van der Waals surface area (Å²) in [5.74, 6) is 0.375. The molecule has 3 heterocycles. The Morgan fingerprint density at radius 3 is 2.65 bits per heavy atom. The number of rotatable bonds is 2. The van der Waals surface area contributed by atoms with Crippen LogP contribution in [-0.4, -0.2) is 29.4 Å². The molecule has 0 atom stereocenters. The van der Waals surface area contributed by atoms with Gasteiger partial charge in [0.15, 0.2) is 5.65 Å². The van der Waals surface area contributed by atoms with Crippen LogP contribution in [0.4, 0.5) is 5.95 Å². The first-order valence-electron chi connectivity index (χ1n) is 6.51. The minimum Gasteiger partial charge on any atom is -0.369 e. The van der Waals surface area contributed by atoms with Gasteiger partial charge in [0.2, 0.25) is 5.95 Å². The van der Waals surface area contributed by atoms with Gasteiger partial charge in [0.05, 0.1) is 5.69 Å². The molecule has 0 aliphatic rings. The molecule has 0 fully saturated rings. The molecule has 20 heavy (non-hydrogen) atoms. The fourth-order valence-electron chi connectivity index (χ4n) is 2.57. The molecule has 3 aromatic heterocycles. The molecule has 0 spiro atoms. The molecule has 0 saturated heterocycles. The van der Waals surface area contributed by atoms with Crippen LogP contribution in [0, 0.1) is 13.8 Å². The van der Waals surface area contributed by atoms with Crippen LogP contribution in [0.25, 0.3) is 16.8 Å². The predicted molar refractivity (Wildman–Crippen MR) is 76.3 cm³/mol. The monoisotopic (exact) mass is 271 g/mol. The molecular formula is C13H17N7. The standard InChI is InChI=1S/C13H17N7/c1-7(2)20-9(4)11(8(3)18-20)10-5-15-13(14)19-6-16-17-12(10)19/h5-7H,1-4H3,(H2,14,15). The van der Waals surface area contributed by atoms with Crippen LogP contribution in [0.1, 0.15) is 31.3 Å². The second-order valence-electron chi connectivity index (χ2n) is 5.14. The molecule has 0 unspecified atom stereocenters. The van der Waals surface area contributed by atoms with Crippen molar-refractivity contribution in [3.63, 3.8) is 0 Å². The molecule has 3 aromatic rings. The van der Waals surface area contributed by atoms with Crippen LogP contribution in [0.2, 0.25) is 0 Å². The van der Waals surface area contributed by atoms with Crippen molar-refractivity contribution in [3.8, 4) is 11.1 Å². The molecule has 0 aromatic carbocycles. The number of hydrogen-bond donors (Lipinski definition) is 1. The van der Waals surface area contributed by atoms with Crippen molar-refractivity contribution < 1.29 is 0 Å². The summed E-state index contributed by atoms with van der Waals surface area (Å²) in [7, 11) is 0. The minimum absolute atomic E-state index is 0.304. The maximum Gasteiger partial charge on any atom is 0.207 e. The van der Waals surface area contributed by atoms with Crippen LogP contribution in [0.3, 0.4) is 0 Å². The number of aromatic nitrogens is 6. The first kappa shape index (κ1) is 12.6. The Labute approximate surface area is 116 Å². The van der Waals surface area contributed by atoms with Gasteiger partial charge in [0, 0.05) is 29.1 Å². The smallest absolute Gasteiger partial charge is 0.207 e. The van der Waals surface area contributed by atoms with Crippen LogP contribution >= 0.6 is 0 Å². The van der Waals surface area contributed by atoms with Gasteiger partial charge in [0.25, 0.3) is 0 Å². The molecule has 0 amide bonds. The fraction of sp³-hybridized carbons (Fsp3) is 0.385. The van der Waals surface area contributed by atoms with Gasteiger partial charge in [-0.3, -0.25) is 9.08 Å². The average molecular weight is 271 g/mol. The van der Waals surface area contributed by atoms with E-state index in [-0.39, 0.29) is 0 Å². The molecule has 7 heteroatoms. The van der Waals surface area contributed by atoms with Gasteiger partial charge in [-0.2, -0.15) is 5.10 Å². The van der Waals surface area contributed by atoms with E-state index in [9.17, 15) is 0 Å². The van der Waals surface area contributed by atoms with Gasteiger partial charge in [-0.15, -0.1) is 10.2 Å². The highest BCUT2D eigenvalue weighted by Gasteiger charge is 2.19. The molecule has 7 nitrogen and oxygen atoms in total. The molecule has 0 bridgehead atoms. The number of nitrogen functional groups attached to an aromatic ring is 1. The Morgan fingerprint density at radius 2 is 2.00 bits per heavy atom. The zero-order chi connectivity index (χ0) is 14.4. The zero-order valence-electron chi connectivity index (χ0n) is 12.0. The van der Waals surface area contributed by atoms with E-state index in [1.165, 1.54) is 0 Å². The Bertz CT molecular complexity index is 781. The predicted octanol–water partition coefficient (Wildman–Crippen LogP) is 1.77. The summed E-state index contributed by atoms with van der Waals surface area (Å²) in [6, 6.07) is 0.304. The number of nitrogens with zero attached hydrogens (tertiary/aromatic N) is 6. The normalized spacial score (nSPS) is 11.7. The van der Waals surface area contributed by atoms with Gasteiger partial charge in [-0.1, -0.05) is 0 Å². The largest absolute Gasteiger partial charge is 0.369 e. The van der Waals surface area contributed by atoms with Crippen LogP contribution in [0.15, 0.2) is 12.5 Å². The van der Waals surface area contributed by atoms with Gasteiger partial charge < -0.3 is 5.73 Å². The maximum atomic E-state index is 5.83. The molecule has 0 aliphatic heterocycles. The van der Waals surface area contributed by atoms with E-state index in [0.29, 0.717) is 17.6 Å². The van der Waals surface area contributed by atoms with Crippen LogP contribution < -0.4 is 5.73 Å². The SMILES string of the molecule is Cc1nn(C(C)C)c(C)c1-c1cnc(N)n2cnnc12. The van der Waals surface area contributed by atoms with E-state index >= 15 is 0 Å². The van der Waals surface area contributed by atoms with E-state index in [0.717, 1.165) is 22.5 Å². The number of nitrogens with two attached hydrogens (primary N) is 1. The summed E-state index contributed by atoms with van der Waals surface area (Å²) in [5, 5.41) is 12.7. The first-order valence-corrected chi connectivity index (χ1v) is 6.51. The Hall–Kier alpha value is -2.44. The average Bonchev–Trinajstić information content (AvgIpc) is 2.97. The highest BCUT2D eigenvalue weighted by molar-refractivity contribution is 5.80. The summed E-state index contributed by atoms with van der Waals surface area (Å²) in [6.45, 7) is 8.26. The Kier molecular flexibility index (Phi) is 2.70. The van der Waals surface area contributed by atoms with Gasteiger partial charge in [-0.05, 0) is 27.7 Å². The van der Waals surface area contributed by atoms with Crippen molar-refractivity contribution >= 4 is 11.6 Å². The summed E-state index contributed by atoms with van der Waals surface area (Å²) in [4.78, 5) is 4.22.